The summed E-state index contributed by atoms with van der Waals surface area (Å²) >= 11 is 0. The molecule has 1 N–H and O–H groups in total. The predicted octanol–water partition coefficient (Wildman–Crippen LogP) is 4.75. The third kappa shape index (κ3) is 5.39. The normalized spacial score (nSPS) is 11.5. The second-order valence-corrected chi connectivity index (χ2v) is 10.3. The largest absolute Gasteiger partial charge is 0.318 e. The molecule has 36 heavy (non-hydrogen) atoms. The smallest absolute Gasteiger partial charge is 0.264 e. The molecule has 7 nitrogen and oxygen atoms in total. The van der Waals surface area contributed by atoms with Gasteiger partial charge in [0, 0.05) is 22.6 Å². The minimum Gasteiger partial charge on any atom is -0.318 e. The lowest BCUT2D eigenvalue weighted by atomic mass is 10.2. The van der Waals surface area contributed by atoms with Gasteiger partial charge in [0.05, 0.1) is 16.8 Å². The maximum atomic E-state index is 13.3. The van der Waals surface area contributed by atoms with Crippen molar-refractivity contribution >= 4 is 27.8 Å². The molecule has 1 amide bonds. The molecule has 0 aliphatic carbocycles. The molecule has 4 aromatic rings. The van der Waals surface area contributed by atoms with Crippen LogP contribution in [0.5, 0.6) is 0 Å². The first-order chi connectivity index (χ1) is 17.3. The van der Waals surface area contributed by atoms with E-state index in [1.807, 2.05) is 26.8 Å². The second-order valence-electron chi connectivity index (χ2n) is 8.45. The number of hydrazone groups is 1. The number of aromatic nitrogens is 1. The molecule has 4 rings (SSSR count). The molecule has 0 unspecified atom stereocenters. The van der Waals surface area contributed by atoms with Gasteiger partial charge in [0.2, 0.25) is 0 Å². The minimum atomic E-state index is -3.95. The number of anilines is 1. The van der Waals surface area contributed by atoms with Gasteiger partial charge in [-0.3, -0.25) is 9.10 Å². The van der Waals surface area contributed by atoms with Crippen molar-refractivity contribution in [3.8, 4) is 5.69 Å². The highest BCUT2D eigenvalue weighted by atomic mass is 32.2. The van der Waals surface area contributed by atoms with Crippen molar-refractivity contribution in [1.29, 1.82) is 0 Å². The molecule has 0 spiro atoms. The average molecular weight is 501 g/mol. The van der Waals surface area contributed by atoms with Gasteiger partial charge in [-0.1, -0.05) is 54.1 Å². The number of para-hydroxylation sites is 1. The minimum absolute atomic E-state index is 0.105. The number of amides is 1. The Hall–Kier alpha value is -4.17. The Morgan fingerprint density at radius 3 is 2.17 bits per heavy atom. The van der Waals surface area contributed by atoms with Crippen molar-refractivity contribution in [3.63, 3.8) is 0 Å². The van der Waals surface area contributed by atoms with Crippen molar-refractivity contribution < 1.29 is 13.2 Å². The molecule has 3 aromatic carbocycles. The van der Waals surface area contributed by atoms with E-state index in [2.05, 4.69) is 39.4 Å². The quantitative estimate of drug-likeness (QED) is 0.280. The topological polar surface area (TPSA) is 83.8 Å². The number of rotatable bonds is 8. The fourth-order valence-electron chi connectivity index (χ4n) is 3.98. The van der Waals surface area contributed by atoms with Crippen molar-refractivity contribution in [3.05, 3.63) is 114 Å². The first-order valence-electron chi connectivity index (χ1n) is 11.5. The molecule has 0 atom stereocenters. The Bertz CT molecular complexity index is 1480. The third-order valence-electron chi connectivity index (χ3n) is 5.82. The Morgan fingerprint density at radius 2 is 1.53 bits per heavy atom. The van der Waals surface area contributed by atoms with Crippen LogP contribution >= 0.6 is 0 Å². The maximum Gasteiger partial charge on any atom is 0.264 e. The van der Waals surface area contributed by atoms with Crippen molar-refractivity contribution in [2.75, 3.05) is 10.8 Å². The van der Waals surface area contributed by atoms with E-state index in [0.29, 0.717) is 5.69 Å². The number of sulfonamides is 1. The number of aryl methyl sites for hydroxylation is 2. The van der Waals surface area contributed by atoms with E-state index in [4.69, 9.17) is 0 Å². The highest BCUT2D eigenvalue weighted by molar-refractivity contribution is 7.92. The van der Waals surface area contributed by atoms with Gasteiger partial charge in [0.1, 0.15) is 6.54 Å². The number of carbonyl (C=O) groups is 1. The first-order valence-corrected chi connectivity index (χ1v) is 12.9. The summed E-state index contributed by atoms with van der Waals surface area (Å²) in [5.74, 6) is -0.554. The SMILES string of the molecule is Cc1ccc(-n2c(C)cc(/C=N/NC(=O)CN(c3ccccc3)S(=O)(=O)c3ccccc3)c2C)cc1. The zero-order valence-corrected chi connectivity index (χ0v) is 21.2. The predicted molar refractivity (Wildman–Crippen MR) is 143 cm³/mol. The summed E-state index contributed by atoms with van der Waals surface area (Å²) in [5.41, 5.74) is 7.96. The van der Waals surface area contributed by atoms with E-state index in [0.717, 1.165) is 26.9 Å². The number of nitrogens with zero attached hydrogens (tertiary/aromatic N) is 3. The molecule has 0 radical (unpaired) electrons. The molecular weight excluding hydrogens is 472 g/mol. The van der Waals surface area contributed by atoms with Gasteiger partial charge in [0.25, 0.3) is 15.9 Å². The van der Waals surface area contributed by atoms with Gasteiger partial charge in [-0.05, 0) is 63.2 Å². The Morgan fingerprint density at radius 1 is 0.917 bits per heavy atom. The van der Waals surface area contributed by atoms with Gasteiger partial charge in [-0.2, -0.15) is 5.10 Å². The number of hydrogen-bond acceptors (Lipinski definition) is 4. The van der Waals surface area contributed by atoms with Crippen LogP contribution in [0.1, 0.15) is 22.5 Å². The van der Waals surface area contributed by atoms with Crippen LogP contribution in [0.2, 0.25) is 0 Å². The molecule has 0 bridgehead atoms. The molecule has 1 heterocycles. The summed E-state index contributed by atoms with van der Waals surface area (Å²) in [5, 5.41) is 4.11. The Kier molecular flexibility index (Phi) is 7.36. The molecule has 0 saturated heterocycles. The molecule has 1 aromatic heterocycles. The molecule has 184 valence electrons. The van der Waals surface area contributed by atoms with E-state index in [1.54, 1.807) is 54.7 Å². The van der Waals surface area contributed by atoms with E-state index in [1.165, 1.54) is 17.7 Å². The number of benzene rings is 3. The van der Waals surface area contributed by atoms with Gasteiger partial charge in [0.15, 0.2) is 0 Å². The van der Waals surface area contributed by atoms with Gasteiger partial charge in [-0.25, -0.2) is 13.8 Å². The van der Waals surface area contributed by atoms with Crippen molar-refractivity contribution in [2.24, 2.45) is 5.10 Å². The second kappa shape index (κ2) is 10.6. The summed E-state index contributed by atoms with van der Waals surface area (Å²) in [6.07, 6.45) is 1.57. The van der Waals surface area contributed by atoms with E-state index in [-0.39, 0.29) is 4.90 Å². The van der Waals surface area contributed by atoms with Crippen LogP contribution in [0.15, 0.2) is 101 Å². The van der Waals surface area contributed by atoms with E-state index < -0.39 is 22.5 Å². The lowest BCUT2D eigenvalue weighted by Gasteiger charge is -2.23. The monoisotopic (exact) mass is 500 g/mol. The van der Waals surface area contributed by atoms with Crippen LogP contribution in [0.25, 0.3) is 5.69 Å². The molecule has 0 aliphatic rings. The van der Waals surface area contributed by atoms with E-state index >= 15 is 0 Å². The molecule has 0 saturated carbocycles. The lowest BCUT2D eigenvalue weighted by molar-refractivity contribution is -0.119. The van der Waals surface area contributed by atoms with E-state index in [9.17, 15) is 13.2 Å². The van der Waals surface area contributed by atoms with Crippen LogP contribution in [0.3, 0.4) is 0 Å². The summed E-state index contributed by atoms with van der Waals surface area (Å²) in [4.78, 5) is 12.9. The van der Waals surface area contributed by atoms with Gasteiger partial charge < -0.3 is 4.57 Å². The zero-order chi connectivity index (χ0) is 25.7. The number of carbonyl (C=O) groups excluding carboxylic acids is 1. The van der Waals surface area contributed by atoms with Gasteiger partial charge in [-0.15, -0.1) is 0 Å². The van der Waals surface area contributed by atoms with Crippen molar-refractivity contribution in [1.82, 2.24) is 9.99 Å². The van der Waals surface area contributed by atoms with Crippen LogP contribution in [-0.4, -0.2) is 31.7 Å². The van der Waals surface area contributed by atoms with Crippen LogP contribution < -0.4 is 9.73 Å². The summed E-state index contributed by atoms with van der Waals surface area (Å²) in [6.45, 7) is 5.62. The fourth-order valence-corrected chi connectivity index (χ4v) is 5.42. The first kappa shape index (κ1) is 24.9. The average Bonchev–Trinajstić information content (AvgIpc) is 3.16. The summed E-state index contributed by atoms with van der Waals surface area (Å²) in [6, 6.07) is 26.8. The van der Waals surface area contributed by atoms with Crippen LogP contribution in [-0.2, 0) is 14.8 Å². The molecule has 0 aliphatic heterocycles. The van der Waals surface area contributed by atoms with Crippen LogP contribution in [0.4, 0.5) is 5.69 Å². The summed E-state index contributed by atoms with van der Waals surface area (Å²) < 4.78 is 29.8. The fraction of sp³-hybridized carbons (Fsp3) is 0.143. The van der Waals surface area contributed by atoms with Crippen LogP contribution in [0, 0.1) is 20.8 Å². The summed E-state index contributed by atoms with van der Waals surface area (Å²) in [7, 11) is -3.95. The third-order valence-corrected chi connectivity index (χ3v) is 7.61. The zero-order valence-electron chi connectivity index (χ0n) is 20.4. The molecule has 0 fully saturated rings. The highest BCUT2D eigenvalue weighted by Crippen LogP contribution is 2.23. The standard InChI is InChI=1S/C28H28N4O3S/c1-21-14-16-26(17-15-21)32-22(2)18-24(23(32)3)19-29-30-28(33)20-31(25-10-6-4-7-11-25)36(34,35)27-12-8-5-9-13-27/h4-19H,20H2,1-3H3,(H,30,33)/b29-19+. The number of nitrogens with one attached hydrogen (secondary N) is 1. The van der Waals surface area contributed by atoms with Crippen molar-refractivity contribution in [2.45, 2.75) is 25.7 Å². The molecule has 8 heteroatoms. The lowest BCUT2D eigenvalue weighted by Crippen LogP contribution is -2.39. The number of hydrogen-bond donors (Lipinski definition) is 1. The molecular formula is C28H28N4O3S. The Labute approximate surface area is 211 Å². The maximum absolute atomic E-state index is 13.3. The Balaban J connectivity index is 1.52. The highest BCUT2D eigenvalue weighted by Gasteiger charge is 2.26. The van der Waals surface area contributed by atoms with Gasteiger partial charge >= 0.3 is 0 Å².